The Bertz CT molecular complexity index is 1250. The number of amides is 1. The summed E-state index contributed by atoms with van der Waals surface area (Å²) in [4.78, 5) is 38.9. The maximum atomic E-state index is 13.1. The van der Waals surface area contributed by atoms with E-state index >= 15 is 0 Å². The average Bonchev–Trinajstić information content (AvgIpc) is 2.84. The summed E-state index contributed by atoms with van der Waals surface area (Å²) >= 11 is 3.53. The molecule has 35 heavy (non-hydrogen) atoms. The van der Waals surface area contributed by atoms with Crippen molar-refractivity contribution in [3.8, 4) is 5.75 Å². The number of para-hydroxylation sites is 1. The lowest BCUT2D eigenvalue weighted by atomic mass is 9.73. The summed E-state index contributed by atoms with van der Waals surface area (Å²) in [6.45, 7) is 1.72. The number of carbonyl (C=O) groups excluding carboxylic acids is 3. The summed E-state index contributed by atoms with van der Waals surface area (Å²) in [5, 5.41) is 2.88. The zero-order valence-corrected chi connectivity index (χ0v) is 21.1. The molecule has 0 atom stereocenters. The summed E-state index contributed by atoms with van der Waals surface area (Å²) in [5.41, 5.74) is 3.48. The van der Waals surface area contributed by atoms with Crippen molar-refractivity contribution in [1.29, 1.82) is 0 Å². The number of hydrogen-bond acceptors (Lipinski definition) is 5. The fourth-order valence-electron chi connectivity index (χ4n) is 5.05. The lowest BCUT2D eigenvalue weighted by molar-refractivity contribution is -0.119. The lowest BCUT2D eigenvalue weighted by Crippen LogP contribution is -2.30. The van der Waals surface area contributed by atoms with Crippen molar-refractivity contribution < 1.29 is 23.9 Å². The molecule has 2 aromatic carbocycles. The van der Waals surface area contributed by atoms with Crippen LogP contribution < -0.4 is 10.1 Å². The Hall–Kier alpha value is -3.19. The van der Waals surface area contributed by atoms with E-state index < -0.39 is 5.92 Å². The predicted octanol–water partition coefficient (Wildman–Crippen LogP) is 5.90. The number of carbonyl (C=O) groups is 3. The molecule has 0 saturated heterocycles. The van der Waals surface area contributed by atoms with Crippen molar-refractivity contribution in [3.63, 3.8) is 0 Å². The second-order valence-electron chi connectivity index (χ2n) is 9.10. The quantitative estimate of drug-likeness (QED) is 0.515. The molecule has 2 aliphatic carbocycles. The van der Waals surface area contributed by atoms with Crippen LogP contribution in [-0.4, -0.2) is 24.1 Å². The highest BCUT2D eigenvalue weighted by Crippen LogP contribution is 2.50. The monoisotopic (exact) mass is 535 g/mol. The highest BCUT2D eigenvalue weighted by atomic mass is 79.9. The number of allylic oxidation sites excluding steroid dienone is 4. The highest BCUT2D eigenvalue weighted by Gasteiger charge is 2.42. The van der Waals surface area contributed by atoms with Crippen LogP contribution in [-0.2, 0) is 19.1 Å². The number of rotatable bonds is 5. The van der Waals surface area contributed by atoms with Crippen LogP contribution in [0, 0.1) is 6.92 Å². The Balaban J connectivity index is 1.49. The molecule has 1 amide bonds. The molecular formula is C28H26BrNO5. The van der Waals surface area contributed by atoms with Crippen LogP contribution in [0.4, 0.5) is 5.69 Å². The molecule has 0 saturated carbocycles. The van der Waals surface area contributed by atoms with Crippen LogP contribution in [0.5, 0.6) is 5.75 Å². The molecule has 0 fully saturated rings. The number of halogens is 1. The van der Waals surface area contributed by atoms with E-state index in [9.17, 15) is 14.4 Å². The van der Waals surface area contributed by atoms with Crippen LogP contribution in [0.25, 0.3) is 0 Å². The summed E-state index contributed by atoms with van der Waals surface area (Å²) in [5.74, 6) is 0.971. The van der Waals surface area contributed by atoms with Gasteiger partial charge in [-0.3, -0.25) is 14.4 Å². The lowest BCUT2D eigenvalue weighted by Gasteiger charge is -2.36. The number of benzene rings is 2. The van der Waals surface area contributed by atoms with Gasteiger partial charge in [-0.15, -0.1) is 0 Å². The van der Waals surface area contributed by atoms with Crippen molar-refractivity contribution in [1.82, 2.24) is 0 Å². The van der Waals surface area contributed by atoms with E-state index in [0.29, 0.717) is 59.7 Å². The number of nitrogens with one attached hydrogen (secondary N) is 1. The van der Waals surface area contributed by atoms with Gasteiger partial charge < -0.3 is 14.8 Å². The Morgan fingerprint density at radius 3 is 2.31 bits per heavy atom. The summed E-state index contributed by atoms with van der Waals surface area (Å²) in [7, 11) is 0. The third-order valence-corrected chi connectivity index (χ3v) is 7.19. The Labute approximate surface area is 212 Å². The zero-order valence-electron chi connectivity index (χ0n) is 19.5. The molecule has 3 aliphatic rings. The molecular weight excluding hydrogens is 510 g/mol. The molecule has 2 aromatic rings. The van der Waals surface area contributed by atoms with Gasteiger partial charge in [-0.1, -0.05) is 34.1 Å². The molecule has 7 heteroatoms. The van der Waals surface area contributed by atoms with E-state index in [2.05, 4.69) is 21.2 Å². The van der Waals surface area contributed by atoms with Gasteiger partial charge in [-0.2, -0.15) is 0 Å². The van der Waals surface area contributed by atoms with Gasteiger partial charge in [-0.05, 0) is 49.6 Å². The number of ketones is 2. The van der Waals surface area contributed by atoms with Gasteiger partial charge >= 0.3 is 0 Å². The first-order valence-corrected chi connectivity index (χ1v) is 12.7. The summed E-state index contributed by atoms with van der Waals surface area (Å²) in [6, 6.07) is 13.0. The van der Waals surface area contributed by atoms with E-state index in [4.69, 9.17) is 9.47 Å². The fraction of sp³-hybridized carbons (Fsp3) is 0.321. The number of ether oxygens (including phenoxy) is 2. The molecule has 1 N–H and O–H groups in total. The van der Waals surface area contributed by atoms with Crippen molar-refractivity contribution in [2.45, 2.75) is 51.4 Å². The van der Waals surface area contributed by atoms with Gasteiger partial charge in [0.25, 0.3) is 5.91 Å². The number of hydrogen-bond donors (Lipinski definition) is 1. The average molecular weight is 536 g/mol. The van der Waals surface area contributed by atoms with Gasteiger partial charge in [0.2, 0.25) is 0 Å². The van der Waals surface area contributed by atoms with Crippen LogP contribution in [0.1, 0.15) is 55.6 Å². The summed E-state index contributed by atoms with van der Waals surface area (Å²) < 4.78 is 12.9. The molecule has 1 aliphatic heterocycles. The molecule has 0 spiro atoms. The van der Waals surface area contributed by atoms with Crippen molar-refractivity contribution >= 4 is 39.1 Å². The zero-order chi connectivity index (χ0) is 24.5. The first-order valence-electron chi connectivity index (χ1n) is 11.9. The maximum absolute atomic E-state index is 13.1. The van der Waals surface area contributed by atoms with Crippen LogP contribution in [0.2, 0.25) is 0 Å². The molecule has 0 radical (unpaired) electrons. The van der Waals surface area contributed by atoms with Crippen molar-refractivity contribution in [2.75, 3.05) is 11.9 Å². The van der Waals surface area contributed by atoms with Crippen LogP contribution in [0.3, 0.4) is 0 Å². The third-order valence-electron chi connectivity index (χ3n) is 6.70. The second-order valence-corrected chi connectivity index (χ2v) is 10.0. The smallest absolute Gasteiger partial charge is 0.262 e. The SMILES string of the molecule is Cc1ccccc1NC(=O)COc1ccc(Br)cc1C1C2=C(CCCC2=O)OC2=C1C(=O)CCC2. The van der Waals surface area contributed by atoms with E-state index in [1.165, 1.54) is 0 Å². The molecule has 6 nitrogen and oxygen atoms in total. The Kier molecular flexibility index (Phi) is 6.60. The summed E-state index contributed by atoms with van der Waals surface area (Å²) in [6.07, 6.45) is 3.68. The van der Waals surface area contributed by atoms with Crippen molar-refractivity contribution in [3.05, 3.63) is 80.7 Å². The number of aryl methyl sites for hydroxylation is 1. The molecule has 5 rings (SSSR count). The molecule has 0 aromatic heterocycles. The minimum atomic E-state index is -0.554. The highest BCUT2D eigenvalue weighted by molar-refractivity contribution is 9.10. The van der Waals surface area contributed by atoms with E-state index in [0.717, 1.165) is 28.6 Å². The topological polar surface area (TPSA) is 81.7 Å². The maximum Gasteiger partial charge on any atom is 0.262 e. The number of Topliss-reactive ketones (excluding diaryl/α,β-unsaturated/α-hetero) is 2. The minimum Gasteiger partial charge on any atom is -0.483 e. The van der Waals surface area contributed by atoms with Crippen LogP contribution >= 0.6 is 15.9 Å². The van der Waals surface area contributed by atoms with E-state index in [1.54, 1.807) is 6.07 Å². The predicted molar refractivity (Wildman–Crippen MR) is 135 cm³/mol. The van der Waals surface area contributed by atoms with E-state index in [-0.39, 0.29) is 24.1 Å². The van der Waals surface area contributed by atoms with Crippen LogP contribution in [0.15, 0.2) is 69.6 Å². The second kappa shape index (κ2) is 9.82. The minimum absolute atomic E-state index is 0.00407. The van der Waals surface area contributed by atoms with Gasteiger partial charge in [0.05, 0.1) is 5.92 Å². The first-order chi connectivity index (χ1) is 16.9. The van der Waals surface area contributed by atoms with Gasteiger partial charge in [-0.25, -0.2) is 0 Å². The van der Waals surface area contributed by atoms with Gasteiger partial charge in [0.15, 0.2) is 18.2 Å². The van der Waals surface area contributed by atoms with Gasteiger partial charge in [0, 0.05) is 52.6 Å². The fourth-order valence-corrected chi connectivity index (χ4v) is 5.43. The largest absolute Gasteiger partial charge is 0.483 e. The Morgan fingerprint density at radius 2 is 1.66 bits per heavy atom. The Morgan fingerprint density at radius 1 is 1.00 bits per heavy atom. The third kappa shape index (κ3) is 4.69. The number of anilines is 1. The molecule has 0 bridgehead atoms. The molecule has 0 unspecified atom stereocenters. The first kappa shape index (κ1) is 23.5. The van der Waals surface area contributed by atoms with Crippen molar-refractivity contribution in [2.24, 2.45) is 0 Å². The molecule has 180 valence electrons. The standard InChI is InChI=1S/C28H26BrNO5/c1-16-6-2-3-7-19(16)30-25(33)15-34-22-13-12-17(29)14-18(22)26-27-20(31)8-4-10-23(27)35-24-11-5-9-21(32)28(24)26/h2-3,6-7,12-14,26H,4-5,8-11,15H2,1H3,(H,30,33). The molecule has 1 heterocycles. The van der Waals surface area contributed by atoms with Gasteiger partial charge in [0.1, 0.15) is 17.3 Å². The van der Waals surface area contributed by atoms with E-state index in [1.807, 2.05) is 43.3 Å². The normalized spacial score (nSPS) is 18.1.